The molecule has 1 heterocycles. The van der Waals surface area contributed by atoms with Crippen molar-refractivity contribution in [1.29, 1.82) is 0 Å². The minimum atomic E-state index is 0. The second-order valence-electron chi connectivity index (χ2n) is 7.63. The van der Waals surface area contributed by atoms with Crippen LogP contribution in [0.3, 0.4) is 0 Å². The Morgan fingerprint density at radius 2 is 1.83 bits per heavy atom. The van der Waals surface area contributed by atoms with E-state index in [0.717, 1.165) is 35.9 Å². The predicted molar refractivity (Wildman–Crippen MR) is 131 cm³/mol. The highest BCUT2D eigenvalue weighted by atomic mass is 127. The quantitative estimate of drug-likeness (QED) is 0.158. The van der Waals surface area contributed by atoms with Crippen LogP contribution in [0.2, 0.25) is 0 Å². The van der Waals surface area contributed by atoms with Gasteiger partial charge in [-0.3, -0.25) is 9.79 Å². The lowest BCUT2D eigenvalue weighted by Crippen LogP contribution is -2.41. The van der Waals surface area contributed by atoms with Crippen LogP contribution in [0.4, 0.5) is 5.69 Å². The van der Waals surface area contributed by atoms with Crippen molar-refractivity contribution in [2.24, 2.45) is 4.99 Å². The highest BCUT2D eigenvalue weighted by Crippen LogP contribution is 2.26. The molecule has 0 atom stereocenters. The van der Waals surface area contributed by atoms with Gasteiger partial charge in [-0.15, -0.1) is 24.0 Å². The van der Waals surface area contributed by atoms with Crippen LogP contribution in [0.25, 0.3) is 0 Å². The summed E-state index contributed by atoms with van der Waals surface area (Å²) >= 11 is 0. The number of rotatable bonds is 8. The molecule has 1 aromatic carbocycles. The van der Waals surface area contributed by atoms with Crippen LogP contribution in [-0.4, -0.2) is 51.3 Å². The lowest BCUT2D eigenvalue weighted by molar-refractivity contribution is -0.116. The maximum atomic E-state index is 11.4. The van der Waals surface area contributed by atoms with Gasteiger partial charge < -0.3 is 25.4 Å². The summed E-state index contributed by atoms with van der Waals surface area (Å²) in [6, 6.07) is 5.80. The molecule has 7 nitrogen and oxygen atoms in total. The molecule has 3 rings (SSSR count). The number of halogens is 1. The molecule has 168 valence electrons. The molecule has 0 saturated heterocycles. The average Bonchev–Trinajstić information content (AvgIpc) is 3.01. The lowest BCUT2D eigenvalue weighted by atomic mass is 10.0. The van der Waals surface area contributed by atoms with Crippen LogP contribution >= 0.6 is 24.0 Å². The van der Waals surface area contributed by atoms with Crippen molar-refractivity contribution in [1.82, 2.24) is 10.6 Å². The zero-order valence-electron chi connectivity index (χ0n) is 17.9. The number of nitrogens with one attached hydrogen (secondary N) is 3. The number of carbonyl (C=O) groups is 1. The van der Waals surface area contributed by atoms with Gasteiger partial charge in [0.25, 0.3) is 0 Å². The fourth-order valence-corrected chi connectivity index (χ4v) is 3.81. The summed E-state index contributed by atoms with van der Waals surface area (Å²) in [6.45, 7) is 2.63. The van der Waals surface area contributed by atoms with Crippen LogP contribution in [0.5, 0.6) is 5.75 Å². The number of guanidine groups is 1. The molecule has 3 N–H and O–H groups in total. The van der Waals surface area contributed by atoms with Crippen LogP contribution in [0, 0.1) is 0 Å². The van der Waals surface area contributed by atoms with E-state index >= 15 is 0 Å². The normalized spacial score (nSPS) is 17.2. The van der Waals surface area contributed by atoms with Crippen LogP contribution in [0.15, 0.2) is 23.2 Å². The molecule has 1 aromatic rings. The molecule has 1 aliphatic heterocycles. The van der Waals surface area contributed by atoms with Gasteiger partial charge in [-0.2, -0.15) is 0 Å². The summed E-state index contributed by atoms with van der Waals surface area (Å²) in [5.74, 6) is 1.65. The number of aryl methyl sites for hydroxylation is 1. The summed E-state index contributed by atoms with van der Waals surface area (Å²) < 4.78 is 11.8. The second kappa shape index (κ2) is 13.7. The predicted octanol–water partition coefficient (Wildman–Crippen LogP) is 3.47. The molecule has 0 bridgehead atoms. The Kier molecular flexibility index (Phi) is 11.3. The first-order valence-corrected chi connectivity index (χ1v) is 10.9. The summed E-state index contributed by atoms with van der Waals surface area (Å²) in [4.78, 5) is 15.7. The van der Waals surface area contributed by atoms with Crippen LogP contribution in [0.1, 0.15) is 50.5 Å². The maximum absolute atomic E-state index is 11.4. The van der Waals surface area contributed by atoms with Gasteiger partial charge in [0.1, 0.15) is 12.4 Å². The summed E-state index contributed by atoms with van der Waals surface area (Å²) in [5, 5.41) is 9.43. The third kappa shape index (κ3) is 8.29. The lowest BCUT2D eigenvalue weighted by Gasteiger charge is -2.18. The largest absolute Gasteiger partial charge is 0.492 e. The molecule has 0 aromatic heterocycles. The van der Waals surface area contributed by atoms with Crippen molar-refractivity contribution in [2.75, 3.05) is 38.7 Å². The first-order chi connectivity index (χ1) is 14.2. The van der Waals surface area contributed by atoms with Crippen molar-refractivity contribution in [3.63, 3.8) is 0 Å². The number of hydrogen-bond donors (Lipinski definition) is 3. The molecule has 0 radical (unpaired) electrons. The van der Waals surface area contributed by atoms with E-state index in [1.807, 2.05) is 18.2 Å². The topological polar surface area (TPSA) is 84.0 Å². The fourth-order valence-electron chi connectivity index (χ4n) is 3.81. The molecule has 1 fully saturated rings. The Balaban J connectivity index is 0.00000320. The average molecular weight is 530 g/mol. The van der Waals surface area contributed by atoms with Gasteiger partial charge in [0.15, 0.2) is 5.96 Å². The molecule has 8 heteroatoms. The first-order valence-electron chi connectivity index (χ1n) is 10.9. The Bertz CT molecular complexity index is 691. The molecule has 1 aliphatic carbocycles. The van der Waals surface area contributed by atoms with Crippen molar-refractivity contribution >= 4 is 41.5 Å². The number of amides is 1. The molecule has 2 aliphatic rings. The van der Waals surface area contributed by atoms with E-state index in [1.54, 1.807) is 7.05 Å². The van der Waals surface area contributed by atoms with Gasteiger partial charge in [0, 0.05) is 25.7 Å². The number of aliphatic imine (C=N–C) groups is 1. The highest BCUT2D eigenvalue weighted by Gasteiger charge is 2.15. The number of fused-ring (bicyclic) bond motifs is 1. The van der Waals surface area contributed by atoms with Crippen LogP contribution in [-0.2, 0) is 16.0 Å². The van der Waals surface area contributed by atoms with E-state index < -0.39 is 0 Å². The van der Waals surface area contributed by atoms with E-state index in [9.17, 15) is 4.79 Å². The number of hydrogen-bond acceptors (Lipinski definition) is 4. The highest BCUT2D eigenvalue weighted by molar-refractivity contribution is 14.0. The van der Waals surface area contributed by atoms with Crippen molar-refractivity contribution in [3.8, 4) is 5.75 Å². The third-order valence-corrected chi connectivity index (χ3v) is 5.41. The first kappa shape index (κ1) is 24.7. The summed E-state index contributed by atoms with van der Waals surface area (Å²) in [7, 11) is 1.76. The molecular formula is C22H35IN4O3. The van der Waals surface area contributed by atoms with Gasteiger partial charge in [0.05, 0.1) is 19.3 Å². The van der Waals surface area contributed by atoms with E-state index in [2.05, 4.69) is 20.9 Å². The van der Waals surface area contributed by atoms with E-state index in [0.29, 0.717) is 32.3 Å². The Labute approximate surface area is 196 Å². The SMILES string of the molecule is CN=C(NCCOc1ccc2c(c1)CCC(=O)N2)NCCOC1CCCCCC1.I. The van der Waals surface area contributed by atoms with E-state index in [4.69, 9.17) is 9.47 Å². The molecule has 1 saturated carbocycles. The number of benzene rings is 1. The van der Waals surface area contributed by atoms with Crippen LogP contribution < -0.4 is 20.7 Å². The smallest absolute Gasteiger partial charge is 0.224 e. The third-order valence-electron chi connectivity index (χ3n) is 5.41. The number of ether oxygens (including phenoxy) is 2. The van der Waals surface area contributed by atoms with Crippen molar-refractivity contribution < 1.29 is 14.3 Å². The monoisotopic (exact) mass is 530 g/mol. The standard InChI is InChI=1S/C22H34N4O3.HI/c1-23-22(24-12-14-28-18-6-4-2-3-5-7-18)25-13-15-29-19-9-10-20-17(16-19)8-11-21(27)26-20;/h9-10,16,18H,2-8,11-15H2,1H3,(H,26,27)(H2,23,24,25);1H. The Morgan fingerprint density at radius 1 is 1.10 bits per heavy atom. The molecular weight excluding hydrogens is 495 g/mol. The van der Waals surface area contributed by atoms with Gasteiger partial charge in [0.2, 0.25) is 5.91 Å². The van der Waals surface area contributed by atoms with Crippen molar-refractivity contribution in [3.05, 3.63) is 23.8 Å². The molecule has 0 unspecified atom stereocenters. The Morgan fingerprint density at radius 3 is 2.57 bits per heavy atom. The van der Waals surface area contributed by atoms with Gasteiger partial charge >= 0.3 is 0 Å². The summed E-state index contributed by atoms with van der Waals surface area (Å²) in [5.41, 5.74) is 2.02. The molecule has 30 heavy (non-hydrogen) atoms. The van der Waals surface area contributed by atoms with Crippen molar-refractivity contribution in [2.45, 2.75) is 57.5 Å². The number of nitrogens with zero attached hydrogens (tertiary/aromatic N) is 1. The summed E-state index contributed by atoms with van der Waals surface area (Å²) in [6.07, 6.45) is 9.38. The minimum Gasteiger partial charge on any atom is -0.492 e. The van der Waals surface area contributed by atoms with E-state index in [-0.39, 0.29) is 29.9 Å². The molecule has 0 spiro atoms. The zero-order valence-corrected chi connectivity index (χ0v) is 20.2. The fraction of sp³-hybridized carbons (Fsp3) is 0.636. The second-order valence-corrected chi connectivity index (χ2v) is 7.63. The van der Waals surface area contributed by atoms with Gasteiger partial charge in [-0.05, 0) is 43.0 Å². The number of anilines is 1. The minimum absolute atomic E-state index is 0. The maximum Gasteiger partial charge on any atom is 0.224 e. The molecule has 1 amide bonds. The Hall–Kier alpha value is -1.55. The van der Waals surface area contributed by atoms with Gasteiger partial charge in [-0.25, -0.2) is 0 Å². The van der Waals surface area contributed by atoms with E-state index in [1.165, 1.54) is 38.5 Å². The zero-order chi connectivity index (χ0) is 20.3. The number of carbonyl (C=O) groups excluding carboxylic acids is 1. The van der Waals surface area contributed by atoms with Gasteiger partial charge in [-0.1, -0.05) is 25.7 Å².